The van der Waals surface area contributed by atoms with Crippen LogP contribution in [0.15, 0.2) is 40.9 Å². The Bertz CT molecular complexity index is 704. The molecule has 1 aromatic rings. The van der Waals surface area contributed by atoms with Crippen LogP contribution in [0, 0.1) is 0 Å². The lowest BCUT2D eigenvalue weighted by molar-refractivity contribution is 0.0942. The van der Waals surface area contributed by atoms with E-state index in [2.05, 4.69) is 29.1 Å². The number of carbonyl (C=O) groups excluding carboxylic acids is 3. The highest BCUT2D eigenvalue weighted by molar-refractivity contribution is 9.08. The van der Waals surface area contributed by atoms with Crippen molar-refractivity contribution in [1.29, 1.82) is 0 Å². The minimum atomic E-state index is -0.484. The number of ketones is 3. The smallest absolute Gasteiger partial charge is 0.229 e. The highest BCUT2D eigenvalue weighted by Gasteiger charge is 2.38. The lowest BCUT2D eigenvalue weighted by Gasteiger charge is -2.14. The molecule has 0 bridgehead atoms. The fourth-order valence-electron chi connectivity index (χ4n) is 2.10. The van der Waals surface area contributed by atoms with E-state index in [1.54, 1.807) is 0 Å². The number of Topliss-reactive ketones (excluding diaryl/α,β-unsaturated/α-hetero) is 3. The van der Waals surface area contributed by atoms with Gasteiger partial charge in [-0.3, -0.25) is 14.4 Å². The number of hydrogen-bond acceptors (Lipinski definition) is 4. The van der Waals surface area contributed by atoms with Gasteiger partial charge >= 0.3 is 0 Å². The fraction of sp³-hybridized carbons (Fsp3) is 0.133. The molecule has 0 amide bonds. The highest BCUT2D eigenvalue weighted by atomic mass is 79.9. The Morgan fingerprint density at radius 1 is 1.35 bits per heavy atom. The molecule has 0 saturated heterocycles. The second-order valence-electron chi connectivity index (χ2n) is 4.26. The van der Waals surface area contributed by atoms with Gasteiger partial charge in [-0.1, -0.05) is 41.2 Å². The first-order valence-electron chi connectivity index (χ1n) is 5.78. The zero-order chi connectivity index (χ0) is 15.0. The molecule has 0 N–H and O–H groups in total. The van der Waals surface area contributed by atoms with Crippen molar-refractivity contribution in [2.75, 3.05) is 0 Å². The quantitative estimate of drug-likeness (QED) is 0.482. The van der Waals surface area contributed by atoms with E-state index >= 15 is 0 Å². The Morgan fingerprint density at radius 2 is 2.00 bits per heavy atom. The normalized spacial score (nSPS) is 16.5. The van der Waals surface area contributed by atoms with Gasteiger partial charge in [-0.05, 0) is 0 Å². The molecule has 0 unspecified atom stereocenters. The molecule has 0 fully saturated rings. The average Bonchev–Trinajstić information content (AvgIpc) is 2.81. The van der Waals surface area contributed by atoms with E-state index < -0.39 is 5.78 Å². The van der Waals surface area contributed by atoms with Crippen molar-refractivity contribution in [2.45, 2.75) is 12.3 Å². The summed E-state index contributed by atoms with van der Waals surface area (Å²) in [4.78, 5) is 36.2. The molecule has 0 aromatic carbocycles. The van der Waals surface area contributed by atoms with Crippen LogP contribution >= 0.6 is 15.9 Å². The van der Waals surface area contributed by atoms with Crippen molar-refractivity contribution < 1.29 is 18.8 Å². The maximum Gasteiger partial charge on any atom is 0.229 e. The summed E-state index contributed by atoms with van der Waals surface area (Å²) in [6.07, 6.45) is 2.85. The van der Waals surface area contributed by atoms with Crippen molar-refractivity contribution in [3.8, 4) is 0 Å². The number of rotatable bonds is 3. The number of fused-ring (bicyclic) bond motifs is 1. The SMILES string of the molecule is C=C/C=C1\C(=C)C(=O)c2oc(C(C)=O)c(CBr)c2C1=O. The molecule has 1 aliphatic rings. The summed E-state index contributed by atoms with van der Waals surface area (Å²) < 4.78 is 5.31. The van der Waals surface area contributed by atoms with Crippen LogP contribution in [0.1, 0.15) is 44.0 Å². The van der Waals surface area contributed by atoms with E-state index in [4.69, 9.17) is 4.42 Å². The van der Waals surface area contributed by atoms with Gasteiger partial charge < -0.3 is 4.42 Å². The third-order valence-corrected chi connectivity index (χ3v) is 3.58. The Labute approximate surface area is 124 Å². The van der Waals surface area contributed by atoms with Gasteiger partial charge in [0.05, 0.1) is 5.56 Å². The summed E-state index contributed by atoms with van der Waals surface area (Å²) in [7, 11) is 0. The standard InChI is InChI=1S/C15H11BrO4/c1-4-5-9-7(2)12(18)15-11(13(9)19)10(6-16)14(20-15)8(3)17/h4-5H,1-2,6H2,3H3/b9-5+. The van der Waals surface area contributed by atoms with E-state index in [9.17, 15) is 14.4 Å². The molecule has 0 atom stereocenters. The zero-order valence-corrected chi connectivity index (χ0v) is 12.4. The lowest BCUT2D eigenvalue weighted by Crippen LogP contribution is -2.21. The van der Waals surface area contributed by atoms with Crippen LogP contribution in [0.3, 0.4) is 0 Å². The van der Waals surface area contributed by atoms with E-state index in [1.165, 1.54) is 19.1 Å². The molecule has 0 spiro atoms. The first kappa shape index (κ1) is 14.4. The van der Waals surface area contributed by atoms with Crippen LogP contribution in [0.4, 0.5) is 0 Å². The van der Waals surface area contributed by atoms with E-state index in [-0.39, 0.29) is 45.1 Å². The predicted molar refractivity (Wildman–Crippen MR) is 77.4 cm³/mol. The van der Waals surface area contributed by atoms with E-state index in [0.717, 1.165) is 0 Å². The molecule has 0 radical (unpaired) electrons. The maximum atomic E-state index is 12.5. The molecular formula is C15H11BrO4. The fourth-order valence-corrected chi connectivity index (χ4v) is 2.64. The monoisotopic (exact) mass is 334 g/mol. The highest BCUT2D eigenvalue weighted by Crippen LogP contribution is 2.35. The molecule has 0 saturated carbocycles. The summed E-state index contributed by atoms with van der Waals surface area (Å²) in [6.45, 7) is 8.44. The average molecular weight is 335 g/mol. The number of hydrogen-bond donors (Lipinski definition) is 0. The van der Waals surface area contributed by atoms with Gasteiger partial charge in [0.15, 0.2) is 23.1 Å². The van der Waals surface area contributed by atoms with Gasteiger partial charge in [0.25, 0.3) is 0 Å². The Kier molecular flexibility index (Phi) is 3.72. The van der Waals surface area contributed by atoms with Crippen LogP contribution < -0.4 is 0 Å². The van der Waals surface area contributed by atoms with Gasteiger partial charge in [-0.25, -0.2) is 0 Å². The van der Waals surface area contributed by atoms with E-state index in [0.29, 0.717) is 5.56 Å². The second kappa shape index (κ2) is 5.17. The Morgan fingerprint density at radius 3 is 2.50 bits per heavy atom. The molecule has 20 heavy (non-hydrogen) atoms. The third-order valence-electron chi connectivity index (χ3n) is 3.02. The zero-order valence-electron chi connectivity index (χ0n) is 10.8. The molecule has 4 nitrogen and oxygen atoms in total. The van der Waals surface area contributed by atoms with Crippen LogP contribution in [0.5, 0.6) is 0 Å². The summed E-state index contributed by atoms with van der Waals surface area (Å²) in [5.74, 6) is -1.28. The molecule has 102 valence electrons. The van der Waals surface area contributed by atoms with Gasteiger partial charge in [-0.15, -0.1) is 0 Å². The van der Waals surface area contributed by atoms with Crippen molar-refractivity contribution >= 4 is 33.3 Å². The third kappa shape index (κ3) is 1.94. The Balaban J connectivity index is 2.80. The van der Waals surface area contributed by atoms with E-state index in [1.807, 2.05) is 0 Å². The van der Waals surface area contributed by atoms with Gasteiger partial charge in [0.1, 0.15) is 0 Å². The maximum absolute atomic E-state index is 12.5. The molecule has 1 aromatic heterocycles. The first-order chi connectivity index (χ1) is 9.43. The number of halogens is 1. The number of allylic oxidation sites excluding steroid dienone is 4. The van der Waals surface area contributed by atoms with Crippen LogP contribution in [-0.4, -0.2) is 17.3 Å². The number of carbonyl (C=O) groups is 3. The number of alkyl halides is 1. The minimum absolute atomic E-state index is 0.0289. The second-order valence-corrected chi connectivity index (χ2v) is 4.82. The van der Waals surface area contributed by atoms with Crippen LogP contribution in [-0.2, 0) is 5.33 Å². The molecule has 2 rings (SSSR count). The largest absolute Gasteiger partial charge is 0.448 e. The van der Waals surface area contributed by atoms with Gasteiger partial charge in [-0.2, -0.15) is 0 Å². The molecule has 0 aliphatic heterocycles. The summed E-state index contributed by atoms with van der Waals surface area (Å²) in [5, 5.41) is 0.244. The minimum Gasteiger partial charge on any atom is -0.448 e. The van der Waals surface area contributed by atoms with Crippen molar-refractivity contribution in [3.63, 3.8) is 0 Å². The van der Waals surface area contributed by atoms with Crippen molar-refractivity contribution in [3.05, 3.63) is 59.1 Å². The lowest BCUT2D eigenvalue weighted by atomic mass is 9.85. The number of furan rings is 1. The molecule has 1 aliphatic carbocycles. The first-order valence-corrected chi connectivity index (χ1v) is 6.90. The van der Waals surface area contributed by atoms with Gasteiger partial charge in [0.2, 0.25) is 5.78 Å². The van der Waals surface area contributed by atoms with Gasteiger partial charge in [0, 0.05) is 29.0 Å². The Hall–Kier alpha value is -2.01. The summed E-state index contributed by atoms with van der Waals surface area (Å²) >= 11 is 3.22. The van der Waals surface area contributed by atoms with Crippen molar-refractivity contribution in [1.82, 2.24) is 0 Å². The molecular weight excluding hydrogens is 324 g/mol. The van der Waals surface area contributed by atoms with Crippen LogP contribution in [0.2, 0.25) is 0 Å². The summed E-state index contributed by atoms with van der Waals surface area (Å²) in [6, 6.07) is 0. The van der Waals surface area contributed by atoms with Crippen LogP contribution in [0.25, 0.3) is 0 Å². The molecule has 1 heterocycles. The summed E-state index contributed by atoms with van der Waals surface area (Å²) in [5.41, 5.74) is 0.758. The van der Waals surface area contributed by atoms with Crippen molar-refractivity contribution in [2.24, 2.45) is 0 Å². The topological polar surface area (TPSA) is 64.3 Å². The predicted octanol–water partition coefficient (Wildman–Crippen LogP) is 3.42. The molecule has 5 heteroatoms.